The van der Waals surface area contributed by atoms with Crippen molar-refractivity contribution in [3.8, 4) is 5.75 Å². The standard InChI is InChI=1S/C10H13N3O/c1-8(12-13-11-2)7-9-3-5-10(14)6-4-9/h3-6,13-14H,2,7H2,1H3/b12-8+. The largest absolute Gasteiger partial charge is 0.508 e. The first-order valence-electron chi connectivity index (χ1n) is 4.24. The summed E-state index contributed by atoms with van der Waals surface area (Å²) < 4.78 is 0. The van der Waals surface area contributed by atoms with Crippen LogP contribution in [-0.2, 0) is 6.42 Å². The Hall–Kier alpha value is -1.84. The summed E-state index contributed by atoms with van der Waals surface area (Å²) in [6, 6.07) is 7.02. The first-order chi connectivity index (χ1) is 6.72. The summed E-state index contributed by atoms with van der Waals surface area (Å²) in [5.41, 5.74) is 4.43. The highest BCUT2D eigenvalue weighted by molar-refractivity contribution is 5.83. The maximum atomic E-state index is 9.07. The van der Waals surface area contributed by atoms with E-state index in [4.69, 9.17) is 5.11 Å². The van der Waals surface area contributed by atoms with Gasteiger partial charge in [0.05, 0.1) is 0 Å². The fourth-order valence-corrected chi connectivity index (χ4v) is 1.07. The van der Waals surface area contributed by atoms with E-state index in [9.17, 15) is 0 Å². The van der Waals surface area contributed by atoms with E-state index in [0.29, 0.717) is 0 Å². The molecule has 0 saturated heterocycles. The lowest BCUT2D eigenvalue weighted by Gasteiger charge is -2.00. The molecular formula is C10H13N3O. The highest BCUT2D eigenvalue weighted by Crippen LogP contribution is 2.10. The number of hydrogen-bond donors (Lipinski definition) is 2. The molecule has 0 amide bonds. The molecule has 0 unspecified atom stereocenters. The van der Waals surface area contributed by atoms with Crippen molar-refractivity contribution in [3.05, 3.63) is 29.8 Å². The molecule has 2 N–H and O–H groups in total. The van der Waals surface area contributed by atoms with Gasteiger partial charge in [0.25, 0.3) is 0 Å². The van der Waals surface area contributed by atoms with E-state index in [1.807, 2.05) is 19.1 Å². The molecule has 0 aliphatic heterocycles. The summed E-state index contributed by atoms with van der Waals surface area (Å²) in [6.45, 7) is 5.14. The van der Waals surface area contributed by atoms with Crippen LogP contribution in [0.4, 0.5) is 0 Å². The van der Waals surface area contributed by atoms with Gasteiger partial charge in [-0.15, -0.1) is 0 Å². The summed E-state index contributed by atoms with van der Waals surface area (Å²) in [7, 11) is 0. The van der Waals surface area contributed by atoms with E-state index >= 15 is 0 Å². The Morgan fingerprint density at radius 2 is 2.07 bits per heavy atom. The normalized spacial score (nSPS) is 11.1. The van der Waals surface area contributed by atoms with Crippen molar-refractivity contribution in [1.82, 2.24) is 5.53 Å². The lowest BCUT2D eigenvalue weighted by Crippen LogP contribution is -2.03. The first kappa shape index (κ1) is 10.2. The molecule has 1 aromatic carbocycles. The summed E-state index contributed by atoms with van der Waals surface area (Å²) in [4.78, 5) is 0. The number of phenolic OH excluding ortho intramolecular Hbond substituents is 1. The van der Waals surface area contributed by atoms with Crippen molar-refractivity contribution in [2.45, 2.75) is 13.3 Å². The van der Waals surface area contributed by atoms with E-state index in [0.717, 1.165) is 17.7 Å². The van der Waals surface area contributed by atoms with Crippen LogP contribution in [0.3, 0.4) is 0 Å². The van der Waals surface area contributed by atoms with Crippen LogP contribution in [0.1, 0.15) is 12.5 Å². The molecule has 4 nitrogen and oxygen atoms in total. The van der Waals surface area contributed by atoms with Crippen molar-refractivity contribution in [3.63, 3.8) is 0 Å². The van der Waals surface area contributed by atoms with Gasteiger partial charge in [0, 0.05) is 18.9 Å². The van der Waals surface area contributed by atoms with Crippen LogP contribution in [0.5, 0.6) is 5.75 Å². The minimum absolute atomic E-state index is 0.272. The minimum Gasteiger partial charge on any atom is -0.508 e. The molecule has 74 valence electrons. The van der Waals surface area contributed by atoms with Gasteiger partial charge in [0.1, 0.15) is 5.75 Å². The summed E-state index contributed by atoms with van der Waals surface area (Å²) >= 11 is 0. The average molecular weight is 191 g/mol. The van der Waals surface area contributed by atoms with Crippen LogP contribution in [0.15, 0.2) is 34.5 Å². The Bertz CT molecular complexity index is 330. The summed E-state index contributed by atoms with van der Waals surface area (Å²) in [6.07, 6.45) is 0.725. The third kappa shape index (κ3) is 3.26. The fourth-order valence-electron chi connectivity index (χ4n) is 1.07. The van der Waals surface area contributed by atoms with Gasteiger partial charge in [-0.05, 0) is 24.6 Å². The van der Waals surface area contributed by atoms with Crippen LogP contribution in [0.25, 0.3) is 0 Å². The molecular weight excluding hydrogens is 178 g/mol. The van der Waals surface area contributed by atoms with Gasteiger partial charge < -0.3 is 5.11 Å². The van der Waals surface area contributed by atoms with E-state index in [-0.39, 0.29) is 5.75 Å². The lowest BCUT2D eigenvalue weighted by molar-refractivity contribution is 0.475. The molecule has 1 rings (SSSR count). The monoisotopic (exact) mass is 191 g/mol. The number of rotatable bonds is 4. The molecule has 1 aromatic rings. The maximum Gasteiger partial charge on any atom is 0.115 e. The second-order valence-electron chi connectivity index (χ2n) is 2.95. The SMILES string of the molecule is C=NN/N=C(\C)Cc1ccc(O)cc1. The maximum absolute atomic E-state index is 9.07. The van der Waals surface area contributed by atoms with Gasteiger partial charge >= 0.3 is 0 Å². The fraction of sp³-hybridized carbons (Fsp3) is 0.200. The van der Waals surface area contributed by atoms with Crippen molar-refractivity contribution < 1.29 is 5.11 Å². The van der Waals surface area contributed by atoms with Gasteiger partial charge in [-0.25, -0.2) is 0 Å². The first-order valence-corrected chi connectivity index (χ1v) is 4.24. The van der Waals surface area contributed by atoms with E-state index in [1.165, 1.54) is 0 Å². The Kier molecular flexibility index (Phi) is 3.67. The molecule has 0 radical (unpaired) electrons. The van der Waals surface area contributed by atoms with E-state index in [1.54, 1.807) is 12.1 Å². The second-order valence-corrected chi connectivity index (χ2v) is 2.95. The number of benzene rings is 1. The molecule has 0 aliphatic rings. The summed E-state index contributed by atoms with van der Waals surface area (Å²) in [5.74, 6) is 0.272. The van der Waals surface area contributed by atoms with Crippen LogP contribution in [-0.4, -0.2) is 17.5 Å². The molecule has 0 saturated carbocycles. The predicted octanol–water partition coefficient (Wildman–Crippen LogP) is 1.52. The van der Waals surface area contributed by atoms with Crippen LogP contribution in [0.2, 0.25) is 0 Å². The van der Waals surface area contributed by atoms with Gasteiger partial charge in [-0.1, -0.05) is 12.1 Å². The van der Waals surface area contributed by atoms with Gasteiger partial charge in [-0.2, -0.15) is 15.7 Å². The number of nitrogens with zero attached hydrogens (tertiary/aromatic N) is 2. The van der Waals surface area contributed by atoms with E-state index in [2.05, 4.69) is 22.5 Å². The van der Waals surface area contributed by atoms with Crippen LogP contribution >= 0.6 is 0 Å². The molecule has 14 heavy (non-hydrogen) atoms. The van der Waals surface area contributed by atoms with Gasteiger partial charge in [0.2, 0.25) is 0 Å². The Morgan fingerprint density at radius 3 is 2.64 bits per heavy atom. The summed E-state index contributed by atoms with van der Waals surface area (Å²) in [5, 5.41) is 16.4. The molecule has 0 aliphatic carbocycles. The van der Waals surface area contributed by atoms with Crippen LogP contribution < -0.4 is 5.53 Å². The predicted molar refractivity (Wildman–Crippen MR) is 57.6 cm³/mol. The Balaban J connectivity index is 2.60. The zero-order chi connectivity index (χ0) is 10.4. The van der Waals surface area contributed by atoms with Crippen molar-refractivity contribution in [1.29, 1.82) is 0 Å². The quantitative estimate of drug-likeness (QED) is 0.560. The molecule has 0 spiro atoms. The number of phenols is 1. The number of aromatic hydroxyl groups is 1. The Labute approximate surface area is 83.0 Å². The second kappa shape index (κ2) is 5.01. The molecule has 4 heteroatoms. The molecule has 0 heterocycles. The highest BCUT2D eigenvalue weighted by atomic mass is 16.3. The Morgan fingerprint density at radius 1 is 1.43 bits per heavy atom. The average Bonchev–Trinajstić information content (AvgIpc) is 2.18. The lowest BCUT2D eigenvalue weighted by atomic mass is 10.1. The molecule has 0 bridgehead atoms. The smallest absolute Gasteiger partial charge is 0.115 e. The highest BCUT2D eigenvalue weighted by Gasteiger charge is 1.95. The van der Waals surface area contributed by atoms with Gasteiger partial charge in [0.15, 0.2) is 0 Å². The third-order valence-corrected chi connectivity index (χ3v) is 1.71. The van der Waals surface area contributed by atoms with Crippen molar-refractivity contribution >= 4 is 12.4 Å². The van der Waals surface area contributed by atoms with Crippen molar-refractivity contribution in [2.75, 3.05) is 0 Å². The number of nitrogens with one attached hydrogen (secondary N) is 1. The zero-order valence-corrected chi connectivity index (χ0v) is 8.07. The van der Waals surface area contributed by atoms with Gasteiger partial charge in [-0.3, -0.25) is 0 Å². The number of hydrogen-bond acceptors (Lipinski definition) is 4. The molecule has 0 fully saturated rings. The van der Waals surface area contributed by atoms with E-state index < -0.39 is 0 Å². The molecule has 0 aromatic heterocycles. The topological polar surface area (TPSA) is 57.0 Å². The zero-order valence-electron chi connectivity index (χ0n) is 8.07. The minimum atomic E-state index is 0.272. The molecule has 0 atom stereocenters. The number of hydrazone groups is 2. The van der Waals surface area contributed by atoms with Crippen molar-refractivity contribution in [2.24, 2.45) is 10.2 Å². The third-order valence-electron chi connectivity index (χ3n) is 1.71. The van der Waals surface area contributed by atoms with Crippen LogP contribution in [0, 0.1) is 0 Å².